The minimum Gasteiger partial charge on any atom is -0.495 e. The Morgan fingerprint density at radius 1 is 1.26 bits per heavy atom. The summed E-state index contributed by atoms with van der Waals surface area (Å²) in [5.41, 5.74) is -0.181. The van der Waals surface area contributed by atoms with Gasteiger partial charge in [0.05, 0.1) is 12.1 Å². The van der Waals surface area contributed by atoms with Crippen molar-refractivity contribution in [1.29, 1.82) is 0 Å². The number of methoxy groups -OCH3 is 1. The van der Waals surface area contributed by atoms with Gasteiger partial charge in [0.25, 0.3) is 5.91 Å². The molecule has 0 heterocycles. The number of unbranched alkanes of at least 4 members (excludes halogenated alkanes) is 2. The second-order valence-corrected chi connectivity index (χ2v) is 6.25. The first kappa shape index (κ1) is 19.8. The lowest BCUT2D eigenvalue weighted by Gasteiger charge is -2.29. The maximum atomic E-state index is 12.7. The number of hydrogen-bond acceptors (Lipinski definition) is 3. The minimum atomic E-state index is -0.822. The van der Waals surface area contributed by atoms with Gasteiger partial charge in [-0.1, -0.05) is 44.7 Å². The summed E-state index contributed by atoms with van der Waals surface area (Å²) in [5.74, 6) is 0.445. The molecule has 1 aromatic carbocycles. The van der Waals surface area contributed by atoms with Crippen molar-refractivity contribution in [3.8, 4) is 5.75 Å². The zero-order valence-corrected chi connectivity index (χ0v) is 15.3. The summed E-state index contributed by atoms with van der Waals surface area (Å²) in [6.07, 6.45) is 4.75. The maximum absolute atomic E-state index is 12.7. The second-order valence-electron chi connectivity index (χ2n) is 5.84. The van der Waals surface area contributed by atoms with Gasteiger partial charge in [-0.05, 0) is 38.0 Å². The van der Waals surface area contributed by atoms with E-state index in [1.54, 1.807) is 25.3 Å². The number of rotatable bonds is 10. The molecule has 0 saturated heterocycles. The molecule has 0 saturated carbocycles. The van der Waals surface area contributed by atoms with E-state index in [0.717, 1.165) is 25.7 Å². The van der Waals surface area contributed by atoms with Crippen LogP contribution in [0.15, 0.2) is 18.2 Å². The molecule has 0 fully saturated rings. The van der Waals surface area contributed by atoms with Crippen molar-refractivity contribution in [1.82, 2.24) is 0 Å². The topological polar surface area (TPSA) is 47.6 Å². The van der Waals surface area contributed by atoms with Crippen LogP contribution in [-0.2, 0) is 9.53 Å². The Kier molecular flexibility index (Phi) is 8.42. The maximum Gasteiger partial charge on any atom is 0.256 e. The molecular formula is C18H28ClNO3. The van der Waals surface area contributed by atoms with Crippen molar-refractivity contribution >= 4 is 23.2 Å². The molecule has 0 aliphatic heterocycles. The smallest absolute Gasteiger partial charge is 0.256 e. The van der Waals surface area contributed by atoms with Crippen LogP contribution in [0.25, 0.3) is 0 Å². The van der Waals surface area contributed by atoms with E-state index < -0.39 is 5.60 Å². The fraction of sp³-hybridized carbons (Fsp3) is 0.611. The molecule has 1 aromatic rings. The molecule has 5 heteroatoms. The predicted octanol–water partition coefficient (Wildman–Crippen LogP) is 5.05. The molecule has 0 aliphatic carbocycles. The Bertz CT molecular complexity index is 507. The van der Waals surface area contributed by atoms with E-state index in [1.807, 2.05) is 13.8 Å². The Morgan fingerprint density at radius 2 is 2.00 bits per heavy atom. The van der Waals surface area contributed by atoms with Crippen molar-refractivity contribution in [3.05, 3.63) is 23.2 Å². The molecule has 0 radical (unpaired) electrons. The zero-order chi connectivity index (χ0) is 17.3. The number of carbonyl (C=O) groups is 1. The van der Waals surface area contributed by atoms with Gasteiger partial charge in [0.15, 0.2) is 0 Å². The highest BCUT2D eigenvalue weighted by Gasteiger charge is 2.33. The second kappa shape index (κ2) is 9.78. The van der Waals surface area contributed by atoms with Crippen molar-refractivity contribution in [2.75, 3.05) is 19.0 Å². The largest absolute Gasteiger partial charge is 0.495 e. The highest BCUT2D eigenvalue weighted by molar-refractivity contribution is 6.32. The minimum absolute atomic E-state index is 0.136. The van der Waals surface area contributed by atoms with Crippen LogP contribution in [0, 0.1) is 0 Å². The highest BCUT2D eigenvalue weighted by atomic mass is 35.5. The molecule has 0 unspecified atom stereocenters. The summed E-state index contributed by atoms with van der Waals surface area (Å²) >= 11 is 6.11. The van der Waals surface area contributed by atoms with Crippen LogP contribution in [0.1, 0.15) is 52.9 Å². The molecule has 1 amide bonds. The number of amides is 1. The summed E-state index contributed by atoms with van der Waals surface area (Å²) in [7, 11) is 1.56. The molecule has 0 aromatic heterocycles. The summed E-state index contributed by atoms with van der Waals surface area (Å²) in [5, 5.41) is 3.37. The third-order valence-electron chi connectivity index (χ3n) is 3.77. The monoisotopic (exact) mass is 341 g/mol. The lowest BCUT2D eigenvalue weighted by atomic mass is 9.96. The van der Waals surface area contributed by atoms with E-state index >= 15 is 0 Å². The standard InChI is InChI=1S/C18H28ClNO3/c1-5-7-8-11-18(3,23-12-6-2)17(21)20-14-9-10-16(22-4)15(19)13-14/h9-10,13H,5-8,11-12H2,1-4H3,(H,20,21)/t18-/m0/s1. The van der Waals surface area contributed by atoms with Crippen LogP contribution in [-0.4, -0.2) is 25.2 Å². The number of nitrogens with one attached hydrogen (secondary N) is 1. The van der Waals surface area contributed by atoms with E-state index in [0.29, 0.717) is 29.5 Å². The molecule has 1 rings (SSSR count). The first-order valence-electron chi connectivity index (χ1n) is 8.25. The van der Waals surface area contributed by atoms with E-state index in [4.69, 9.17) is 21.1 Å². The number of carbonyl (C=O) groups excluding carboxylic acids is 1. The number of ether oxygens (including phenoxy) is 2. The molecule has 130 valence electrons. The fourth-order valence-electron chi connectivity index (χ4n) is 2.30. The molecule has 0 bridgehead atoms. The Hall–Kier alpha value is -1.26. The SMILES string of the molecule is CCCCC[C@](C)(OCCC)C(=O)Nc1ccc(OC)c(Cl)c1. The van der Waals surface area contributed by atoms with Gasteiger partial charge in [-0.2, -0.15) is 0 Å². The molecular weight excluding hydrogens is 314 g/mol. The van der Waals surface area contributed by atoms with Gasteiger partial charge in [0.2, 0.25) is 0 Å². The van der Waals surface area contributed by atoms with Gasteiger partial charge in [-0.15, -0.1) is 0 Å². The Balaban J connectivity index is 2.80. The van der Waals surface area contributed by atoms with Crippen LogP contribution in [0.2, 0.25) is 5.02 Å². The lowest BCUT2D eigenvalue weighted by Crippen LogP contribution is -2.43. The van der Waals surface area contributed by atoms with Crippen molar-refractivity contribution in [3.63, 3.8) is 0 Å². The number of hydrogen-bond donors (Lipinski definition) is 1. The van der Waals surface area contributed by atoms with Crippen molar-refractivity contribution in [2.45, 2.75) is 58.5 Å². The summed E-state index contributed by atoms with van der Waals surface area (Å²) < 4.78 is 11.0. The third kappa shape index (κ3) is 6.04. The average molecular weight is 342 g/mol. The van der Waals surface area contributed by atoms with Gasteiger partial charge in [0, 0.05) is 12.3 Å². The molecule has 1 N–H and O–H groups in total. The normalized spacial score (nSPS) is 13.4. The van der Waals surface area contributed by atoms with Crippen LogP contribution in [0.3, 0.4) is 0 Å². The van der Waals surface area contributed by atoms with Crippen LogP contribution >= 0.6 is 11.6 Å². The van der Waals surface area contributed by atoms with Crippen molar-refractivity contribution in [2.24, 2.45) is 0 Å². The molecule has 1 atom stereocenters. The van der Waals surface area contributed by atoms with Gasteiger partial charge >= 0.3 is 0 Å². The Morgan fingerprint density at radius 3 is 2.57 bits per heavy atom. The van der Waals surface area contributed by atoms with E-state index in [1.165, 1.54) is 0 Å². The van der Waals surface area contributed by atoms with Crippen LogP contribution in [0.5, 0.6) is 5.75 Å². The van der Waals surface area contributed by atoms with Crippen LogP contribution in [0.4, 0.5) is 5.69 Å². The Labute approximate surface area is 144 Å². The lowest BCUT2D eigenvalue weighted by molar-refractivity contribution is -0.140. The van der Waals surface area contributed by atoms with E-state index in [2.05, 4.69) is 12.2 Å². The van der Waals surface area contributed by atoms with Gasteiger partial charge in [-0.3, -0.25) is 4.79 Å². The van der Waals surface area contributed by atoms with Gasteiger partial charge < -0.3 is 14.8 Å². The van der Waals surface area contributed by atoms with E-state index in [-0.39, 0.29) is 5.91 Å². The first-order chi connectivity index (χ1) is 11.0. The predicted molar refractivity (Wildman–Crippen MR) is 95.4 cm³/mol. The summed E-state index contributed by atoms with van der Waals surface area (Å²) in [6.45, 7) is 6.61. The number of anilines is 1. The van der Waals surface area contributed by atoms with E-state index in [9.17, 15) is 4.79 Å². The molecule has 23 heavy (non-hydrogen) atoms. The fourth-order valence-corrected chi connectivity index (χ4v) is 2.56. The van der Waals surface area contributed by atoms with Crippen molar-refractivity contribution < 1.29 is 14.3 Å². The number of halogens is 1. The highest BCUT2D eigenvalue weighted by Crippen LogP contribution is 2.28. The third-order valence-corrected chi connectivity index (χ3v) is 4.07. The average Bonchev–Trinajstić information content (AvgIpc) is 2.53. The quantitative estimate of drug-likeness (QED) is 0.605. The van der Waals surface area contributed by atoms with Gasteiger partial charge in [0.1, 0.15) is 11.4 Å². The zero-order valence-electron chi connectivity index (χ0n) is 14.6. The van der Waals surface area contributed by atoms with Crippen LogP contribution < -0.4 is 10.1 Å². The first-order valence-corrected chi connectivity index (χ1v) is 8.63. The summed E-state index contributed by atoms with van der Waals surface area (Å²) in [4.78, 5) is 12.7. The molecule has 0 spiro atoms. The number of benzene rings is 1. The molecule has 4 nitrogen and oxygen atoms in total. The summed E-state index contributed by atoms with van der Waals surface area (Å²) in [6, 6.07) is 5.19. The molecule has 0 aliphatic rings. The van der Waals surface area contributed by atoms with Gasteiger partial charge in [-0.25, -0.2) is 0 Å².